The molecule has 164 valence electrons. The highest BCUT2D eigenvalue weighted by Crippen LogP contribution is 2.46. The zero-order valence-corrected chi connectivity index (χ0v) is 18.6. The number of nitrogens with zero attached hydrogens (tertiary/aromatic N) is 1. The highest BCUT2D eigenvalue weighted by Gasteiger charge is 2.58. The first-order valence-electron chi connectivity index (χ1n) is 10.8. The van der Waals surface area contributed by atoms with Crippen LogP contribution >= 0.6 is 0 Å². The predicted octanol–water partition coefficient (Wildman–Crippen LogP) is 1.46. The van der Waals surface area contributed by atoms with Gasteiger partial charge in [-0.05, 0) is 39.5 Å². The lowest BCUT2D eigenvalue weighted by atomic mass is 9.68. The number of carbonyl (C=O) groups is 3. The van der Waals surface area contributed by atoms with Gasteiger partial charge < -0.3 is 20.6 Å². The lowest BCUT2D eigenvalue weighted by Gasteiger charge is -2.35. The monoisotopic (exact) mass is 407 g/mol. The minimum Gasteiger partial charge on any atom is -0.394 e. The van der Waals surface area contributed by atoms with Gasteiger partial charge >= 0.3 is 0 Å². The summed E-state index contributed by atoms with van der Waals surface area (Å²) in [7, 11) is 1.59. The molecule has 0 aromatic rings. The Morgan fingerprint density at radius 2 is 1.86 bits per heavy atom. The van der Waals surface area contributed by atoms with E-state index in [0.717, 1.165) is 12.8 Å². The normalized spacial score (nSPS) is 30.1. The molecule has 7 heteroatoms. The van der Waals surface area contributed by atoms with Crippen LogP contribution in [0.15, 0.2) is 12.2 Å². The molecule has 0 radical (unpaired) electrons. The maximum Gasteiger partial charge on any atom is 0.243 e. The van der Waals surface area contributed by atoms with Crippen LogP contribution in [0.2, 0.25) is 0 Å². The van der Waals surface area contributed by atoms with Crippen molar-refractivity contribution < 1.29 is 19.5 Å². The highest BCUT2D eigenvalue weighted by molar-refractivity contribution is 5.97. The first kappa shape index (κ1) is 23.4. The smallest absolute Gasteiger partial charge is 0.243 e. The summed E-state index contributed by atoms with van der Waals surface area (Å²) in [5.74, 6) is -2.12. The Labute approximate surface area is 174 Å². The first-order valence-corrected chi connectivity index (χ1v) is 10.8. The quantitative estimate of drug-likeness (QED) is 0.557. The molecule has 1 fully saturated rings. The lowest BCUT2D eigenvalue weighted by molar-refractivity contribution is -0.143. The maximum absolute atomic E-state index is 13.6. The molecule has 0 saturated carbocycles. The summed E-state index contributed by atoms with van der Waals surface area (Å²) in [6, 6.07) is -1.18. The van der Waals surface area contributed by atoms with Gasteiger partial charge in [0.15, 0.2) is 0 Å². The Hall–Kier alpha value is -1.89. The molecule has 1 heterocycles. The van der Waals surface area contributed by atoms with Crippen molar-refractivity contribution in [3.63, 3.8) is 0 Å². The Balaban J connectivity index is 2.54. The van der Waals surface area contributed by atoms with E-state index in [1.54, 1.807) is 11.9 Å². The zero-order valence-electron chi connectivity index (χ0n) is 18.6. The van der Waals surface area contributed by atoms with Crippen molar-refractivity contribution in [1.29, 1.82) is 0 Å². The fraction of sp³-hybridized carbons (Fsp3) is 0.773. The number of fused-ring (bicyclic) bond motifs is 1. The number of amides is 3. The molecule has 0 aromatic carbocycles. The van der Waals surface area contributed by atoms with E-state index in [1.807, 2.05) is 39.8 Å². The van der Waals surface area contributed by atoms with Crippen molar-refractivity contribution in [1.82, 2.24) is 15.5 Å². The molecule has 2 aliphatic rings. The van der Waals surface area contributed by atoms with Gasteiger partial charge in [0, 0.05) is 18.5 Å². The summed E-state index contributed by atoms with van der Waals surface area (Å²) in [6.45, 7) is 9.42. The topological polar surface area (TPSA) is 98.7 Å². The van der Waals surface area contributed by atoms with E-state index in [9.17, 15) is 19.5 Å². The van der Waals surface area contributed by atoms with Crippen LogP contribution < -0.4 is 10.6 Å². The number of nitrogens with one attached hydrogen (secondary N) is 2. The second-order valence-electron chi connectivity index (χ2n) is 9.25. The molecular weight excluding hydrogens is 370 g/mol. The molecule has 29 heavy (non-hydrogen) atoms. The number of allylic oxidation sites excluding steroid dienone is 1. The molecule has 1 aliphatic carbocycles. The summed E-state index contributed by atoms with van der Waals surface area (Å²) < 4.78 is 0. The van der Waals surface area contributed by atoms with E-state index in [-0.39, 0.29) is 36.2 Å². The largest absolute Gasteiger partial charge is 0.394 e. The summed E-state index contributed by atoms with van der Waals surface area (Å²) >= 11 is 0. The predicted molar refractivity (Wildman–Crippen MR) is 112 cm³/mol. The summed E-state index contributed by atoms with van der Waals surface area (Å²) in [6.07, 6.45) is 6.22. The number of carbonyl (C=O) groups excluding carboxylic acids is 3. The number of rotatable bonds is 7. The third-order valence-electron chi connectivity index (χ3n) is 6.06. The molecule has 0 spiro atoms. The number of hydrogen-bond acceptors (Lipinski definition) is 4. The number of likely N-dealkylation sites (tertiary alicyclic amines) is 1. The van der Waals surface area contributed by atoms with Gasteiger partial charge in [0.25, 0.3) is 0 Å². The molecule has 0 aromatic heterocycles. The van der Waals surface area contributed by atoms with Gasteiger partial charge in [-0.15, -0.1) is 0 Å². The minimum atomic E-state index is -0.727. The van der Waals surface area contributed by atoms with Crippen molar-refractivity contribution in [3.8, 4) is 0 Å². The second kappa shape index (κ2) is 9.28. The van der Waals surface area contributed by atoms with Crippen molar-refractivity contribution in [3.05, 3.63) is 12.2 Å². The Bertz CT molecular complexity index is 651. The number of aliphatic hydroxyl groups is 1. The molecule has 3 N–H and O–H groups in total. The fourth-order valence-corrected chi connectivity index (χ4v) is 4.83. The van der Waals surface area contributed by atoms with E-state index in [0.29, 0.717) is 6.42 Å². The fourth-order valence-electron chi connectivity index (χ4n) is 4.83. The van der Waals surface area contributed by atoms with Crippen LogP contribution in [-0.4, -0.2) is 59.0 Å². The average Bonchev–Trinajstić information content (AvgIpc) is 2.94. The van der Waals surface area contributed by atoms with Crippen molar-refractivity contribution in [2.75, 3.05) is 13.7 Å². The SMILES string of the molecule is CCC[C@@H]1C=C[C@H]2[C@H](C(=O)N([C@@H](CC)CO)[C@@H]2C(=O)NC(C)(C)C)[C@@H]1C(=O)NC. The molecule has 6 atom stereocenters. The van der Waals surface area contributed by atoms with Crippen LogP contribution in [0.3, 0.4) is 0 Å². The molecule has 2 rings (SSSR count). The standard InChI is InChI=1S/C22H37N3O4/c1-7-9-13-10-11-15-17(16(13)19(27)23-6)21(29)25(14(8-2)12-26)18(15)20(28)24-22(3,4)5/h10-11,13-18,26H,7-9,12H2,1-6H3,(H,23,27)(H,24,28)/t13-,14+,15+,16-,17+,18+/m1/s1. The maximum atomic E-state index is 13.6. The second-order valence-corrected chi connectivity index (χ2v) is 9.25. The van der Waals surface area contributed by atoms with E-state index in [2.05, 4.69) is 17.6 Å². The number of hydrogen-bond donors (Lipinski definition) is 3. The minimum absolute atomic E-state index is 0.0365. The van der Waals surface area contributed by atoms with Crippen LogP contribution in [0.4, 0.5) is 0 Å². The Morgan fingerprint density at radius 1 is 1.21 bits per heavy atom. The molecule has 7 nitrogen and oxygen atoms in total. The Morgan fingerprint density at radius 3 is 2.34 bits per heavy atom. The molecule has 1 aliphatic heterocycles. The van der Waals surface area contributed by atoms with E-state index in [4.69, 9.17) is 0 Å². The van der Waals surface area contributed by atoms with Gasteiger partial charge in [-0.25, -0.2) is 0 Å². The van der Waals surface area contributed by atoms with Crippen LogP contribution in [0.1, 0.15) is 53.9 Å². The molecule has 1 saturated heterocycles. The van der Waals surface area contributed by atoms with Crippen LogP contribution in [-0.2, 0) is 14.4 Å². The van der Waals surface area contributed by atoms with Crippen molar-refractivity contribution in [2.45, 2.75) is 71.5 Å². The van der Waals surface area contributed by atoms with Gasteiger partial charge in [-0.2, -0.15) is 0 Å². The van der Waals surface area contributed by atoms with Gasteiger partial charge in [0.2, 0.25) is 17.7 Å². The summed E-state index contributed by atoms with van der Waals surface area (Å²) in [5.41, 5.74) is -0.450. The third kappa shape index (κ3) is 4.65. The lowest BCUT2D eigenvalue weighted by Crippen LogP contribution is -2.55. The van der Waals surface area contributed by atoms with Crippen molar-refractivity contribution in [2.24, 2.45) is 23.7 Å². The molecule has 0 unspecified atom stereocenters. The van der Waals surface area contributed by atoms with Gasteiger partial charge in [-0.1, -0.05) is 32.4 Å². The van der Waals surface area contributed by atoms with Gasteiger partial charge in [-0.3, -0.25) is 14.4 Å². The molecular formula is C22H37N3O4. The van der Waals surface area contributed by atoms with E-state index < -0.39 is 29.5 Å². The van der Waals surface area contributed by atoms with Gasteiger partial charge in [0.1, 0.15) is 6.04 Å². The summed E-state index contributed by atoms with van der Waals surface area (Å²) in [5, 5.41) is 15.6. The first-order chi connectivity index (χ1) is 13.6. The van der Waals surface area contributed by atoms with E-state index in [1.165, 1.54) is 0 Å². The number of aliphatic hydroxyl groups excluding tert-OH is 1. The molecule has 0 bridgehead atoms. The van der Waals surface area contributed by atoms with Crippen LogP contribution in [0.5, 0.6) is 0 Å². The Kier molecular flexibility index (Phi) is 7.49. The van der Waals surface area contributed by atoms with Crippen molar-refractivity contribution >= 4 is 17.7 Å². The molecule has 3 amide bonds. The van der Waals surface area contributed by atoms with Crippen LogP contribution in [0, 0.1) is 23.7 Å². The highest BCUT2D eigenvalue weighted by atomic mass is 16.3. The third-order valence-corrected chi connectivity index (χ3v) is 6.06. The average molecular weight is 408 g/mol. The van der Waals surface area contributed by atoms with Crippen LogP contribution in [0.25, 0.3) is 0 Å². The van der Waals surface area contributed by atoms with E-state index >= 15 is 0 Å². The van der Waals surface area contributed by atoms with Gasteiger partial charge in [0.05, 0.1) is 24.5 Å². The zero-order chi connectivity index (χ0) is 21.9. The summed E-state index contributed by atoms with van der Waals surface area (Å²) in [4.78, 5) is 41.2.